The number of amides is 1. The minimum absolute atomic E-state index is 0.146. The van der Waals surface area contributed by atoms with Crippen LogP contribution in [0.1, 0.15) is 36.2 Å². The summed E-state index contributed by atoms with van der Waals surface area (Å²) in [4.78, 5) is 22.7. The summed E-state index contributed by atoms with van der Waals surface area (Å²) in [5, 5.41) is 3.00. The molecule has 124 valence electrons. The fourth-order valence-electron chi connectivity index (χ4n) is 3.94. The third-order valence-electron chi connectivity index (χ3n) is 5.35. The van der Waals surface area contributed by atoms with E-state index in [-0.39, 0.29) is 12.0 Å². The van der Waals surface area contributed by atoms with Gasteiger partial charge in [-0.3, -0.25) is 14.7 Å². The standard InChI is InChI=1S/C17H24N4O2/c22-17(14-10-18-5-6-19-14)20-9-13-3-4-15-16(13)23-8-7-21(15)11-12-1-2-12/h5-6,10,12-13,15-16H,1-4,7-9,11H2,(H,20,22). The molecule has 3 fully saturated rings. The quantitative estimate of drug-likeness (QED) is 0.881. The maximum Gasteiger partial charge on any atom is 0.271 e. The van der Waals surface area contributed by atoms with Crippen molar-refractivity contribution in [2.24, 2.45) is 11.8 Å². The molecule has 3 atom stereocenters. The lowest BCUT2D eigenvalue weighted by molar-refractivity contribution is -0.0739. The monoisotopic (exact) mass is 316 g/mol. The van der Waals surface area contributed by atoms with Gasteiger partial charge in [0.2, 0.25) is 0 Å². The van der Waals surface area contributed by atoms with E-state index in [1.54, 1.807) is 12.4 Å². The summed E-state index contributed by atoms with van der Waals surface area (Å²) in [6.07, 6.45) is 9.98. The summed E-state index contributed by atoms with van der Waals surface area (Å²) in [6, 6.07) is 0.544. The van der Waals surface area contributed by atoms with Crippen molar-refractivity contribution >= 4 is 5.91 Å². The Morgan fingerprint density at radius 3 is 3.00 bits per heavy atom. The van der Waals surface area contributed by atoms with Gasteiger partial charge in [0.05, 0.1) is 18.9 Å². The van der Waals surface area contributed by atoms with Gasteiger partial charge in [0, 0.05) is 44.0 Å². The van der Waals surface area contributed by atoms with Gasteiger partial charge < -0.3 is 10.1 Å². The molecule has 1 amide bonds. The first-order valence-corrected chi connectivity index (χ1v) is 8.71. The minimum Gasteiger partial charge on any atom is -0.375 e. The van der Waals surface area contributed by atoms with Crippen LogP contribution < -0.4 is 5.32 Å². The zero-order valence-corrected chi connectivity index (χ0v) is 13.4. The van der Waals surface area contributed by atoms with Crippen LogP contribution in [0.25, 0.3) is 0 Å². The van der Waals surface area contributed by atoms with E-state index in [4.69, 9.17) is 4.74 Å². The SMILES string of the molecule is O=C(NCC1CCC2C1OCCN2CC1CC1)c1cnccn1. The second-order valence-corrected chi connectivity index (χ2v) is 6.98. The summed E-state index contributed by atoms with van der Waals surface area (Å²) in [5.74, 6) is 1.18. The summed E-state index contributed by atoms with van der Waals surface area (Å²) in [5.41, 5.74) is 0.377. The summed E-state index contributed by atoms with van der Waals surface area (Å²) in [6.45, 7) is 3.79. The largest absolute Gasteiger partial charge is 0.375 e. The molecule has 2 heterocycles. The Bertz CT molecular complexity index is 549. The lowest BCUT2D eigenvalue weighted by atomic mass is 10.0. The minimum atomic E-state index is -0.146. The van der Waals surface area contributed by atoms with Crippen LogP contribution >= 0.6 is 0 Å². The number of nitrogens with one attached hydrogen (secondary N) is 1. The van der Waals surface area contributed by atoms with E-state index in [1.165, 1.54) is 32.0 Å². The maximum absolute atomic E-state index is 12.1. The molecule has 3 aliphatic rings. The molecule has 2 saturated carbocycles. The number of hydrogen-bond acceptors (Lipinski definition) is 5. The molecule has 4 rings (SSSR count). The van der Waals surface area contributed by atoms with Gasteiger partial charge in [-0.05, 0) is 31.6 Å². The molecule has 6 nitrogen and oxygen atoms in total. The van der Waals surface area contributed by atoms with Crippen molar-refractivity contribution in [1.29, 1.82) is 0 Å². The summed E-state index contributed by atoms with van der Waals surface area (Å²) < 4.78 is 6.06. The summed E-state index contributed by atoms with van der Waals surface area (Å²) in [7, 11) is 0. The van der Waals surface area contributed by atoms with E-state index in [9.17, 15) is 4.79 Å². The molecule has 1 aromatic rings. The third kappa shape index (κ3) is 3.38. The van der Waals surface area contributed by atoms with Crippen molar-refractivity contribution in [3.8, 4) is 0 Å². The highest BCUT2D eigenvalue weighted by molar-refractivity contribution is 5.91. The fraction of sp³-hybridized carbons (Fsp3) is 0.706. The Balaban J connectivity index is 1.32. The van der Waals surface area contributed by atoms with Gasteiger partial charge >= 0.3 is 0 Å². The van der Waals surface area contributed by atoms with Crippen LogP contribution in [0.4, 0.5) is 0 Å². The van der Waals surface area contributed by atoms with E-state index in [0.29, 0.717) is 24.2 Å². The fourth-order valence-corrected chi connectivity index (χ4v) is 3.94. The van der Waals surface area contributed by atoms with Crippen LogP contribution in [0.3, 0.4) is 0 Å². The summed E-state index contributed by atoms with van der Waals surface area (Å²) >= 11 is 0. The van der Waals surface area contributed by atoms with Crippen molar-refractivity contribution in [3.63, 3.8) is 0 Å². The zero-order valence-electron chi connectivity index (χ0n) is 13.4. The Morgan fingerprint density at radius 2 is 2.22 bits per heavy atom. The molecule has 0 radical (unpaired) electrons. The van der Waals surface area contributed by atoms with E-state index >= 15 is 0 Å². The van der Waals surface area contributed by atoms with E-state index in [0.717, 1.165) is 25.5 Å². The smallest absolute Gasteiger partial charge is 0.271 e. The van der Waals surface area contributed by atoms with Crippen molar-refractivity contribution in [3.05, 3.63) is 24.3 Å². The molecular weight excluding hydrogens is 292 g/mol. The molecule has 0 bridgehead atoms. The van der Waals surface area contributed by atoms with Crippen LogP contribution in [-0.2, 0) is 4.74 Å². The number of nitrogens with zero attached hydrogens (tertiary/aromatic N) is 3. The van der Waals surface area contributed by atoms with Gasteiger partial charge in [0.25, 0.3) is 5.91 Å². The predicted octanol–water partition coefficient (Wildman–Crippen LogP) is 1.10. The first kappa shape index (κ1) is 15.0. The van der Waals surface area contributed by atoms with E-state index < -0.39 is 0 Å². The molecule has 1 aliphatic heterocycles. The highest BCUT2D eigenvalue weighted by Crippen LogP contribution is 2.37. The third-order valence-corrected chi connectivity index (χ3v) is 5.35. The van der Waals surface area contributed by atoms with Gasteiger partial charge in [0.15, 0.2) is 0 Å². The second-order valence-electron chi connectivity index (χ2n) is 6.98. The number of rotatable bonds is 5. The number of carbonyl (C=O) groups excluding carboxylic acids is 1. The van der Waals surface area contributed by atoms with Crippen molar-refractivity contribution < 1.29 is 9.53 Å². The number of hydrogen-bond donors (Lipinski definition) is 1. The molecule has 3 unspecified atom stereocenters. The normalized spacial score (nSPS) is 30.9. The molecule has 6 heteroatoms. The van der Waals surface area contributed by atoms with E-state index in [1.807, 2.05) is 0 Å². The number of aromatic nitrogens is 2. The Kier molecular flexibility index (Phi) is 4.27. The average molecular weight is 316 g/mol. The van der Waals surface area contributed by atoms with Crippen molar-refractivity contribution in [2.45, 2.75) is 37.8 Å². The molecule has 0 spiro atoms. The molecule has 1 N–H and O–H groups in total. The van der Waals surface area contributed by atoms with Gasteiger partial charge in [-0.1, -0.05) is 0 Å². The van der Waals surface area contributed by atoms with Gasteiger partial charge in [-0.15, -0.1) is 0 Å². The number of morpholine rings is 1. The number of carbonyl (C=O) groups is 1. The Labute approximate surface area is 136 Å². The van der Waals surface area contributed by atoms with Crippen LogP contribution in [-0.4, -0.2) is 59.2 Å². The maximum atomic E-state index is 12.1. The highest BCUT2D eigenvalue weighted by Gasteiger charge is 2.43. The molecule has 2 aliphatic carbocycles. The molecule has 1 aromatic heterocycles. The second kappa shape index (κ2) is 6.53. The van der Waals surface area contributed by atoms with E-state index in [2.05, 4.69) is 20.2 Å². The molecule has 1 saturated heterocycles. The van der Waals surface area contributed by atoms with Crippen LogP contribution in [0.5, 0.6) is 0 Å². The first-order chi connectivity index (χ1) is 11.3. The Hall–Kier alpha value is -1.53. The number of ether oxygens (including phenoxy) is 1. The average Bonchev–Trinajstić information content (AvgIpc) is 3.31. The highest BCUT2D eigenvalue weighted by atomic mass is 16.5. The Morgan fingerprint density at radius 1 is 1.30 bits per heavy atom. The van der Waals surface area contributed by atoms with Crippen LogP contribution in [0.15, 0.2) is 18.6 Å². The van der Waals surface area contributed by atoms with Gasteiger partial charge in [0.1, 0.15) is 5.69 Å². The lowest BCUT2D eigenvalue weighted by Gasteiger charge is -2.39. The zero-order chi connectivity index (χ0) is 15.6. The van der Waals surface area contributed by atoms with Crippen molar-refractivity contribution in [2.75, 3.05) is 26.2 Å². The lowest BCUT2D eigenvalue weighted by Crippen LogP contribution is -2.52. The van der Waals surface area contributed by atoms with Gasteiger partial charge in [-0.2, -0.15) is 0 Å². The molecular formula is C17H24N4O2. The first-order valence-electron chi connectivity index (χ1n) is 8.71. The molecule has 0 aromatic carbocycles. The van der Waals surface area contributed by atoms with Crippen LogP contribution in [0, 0.1) is 11.8 Å². The van der Waals surface area contributed by atoms with Crippen molar-refractivity contribution in [1.82, 2.24) is 20.2 Å². The van der Waals surface area contributed by atoms with Gasteiger partial charge in [-0.25, -0.2) is 4.98 Å². The predicted molar refractivity (Wildman–Crippen MR) is 84.9 cm³/mol. The number of fused-ring (bicyclic) bond motifs is 1. The van der Waals surface area contributed by atoms with Crippen LogP contribution in [0.2, 0.25) is 0 Å². The molecule has 23 heavy (non-hydrogen) atoms. The topological polar surface area (TPSA) is 67.3 Å².